The Balaban J connectivity index is 1.92. The summed E-state index contributed by atoms with van der Waals surface area (Å²) in [6.45, 7) is 3.48. The number of aromatic amines is 1. The maximum absolute atomic E-state index is 12.4. The maximum Gasteiger partial charge on any atom is 0.331 e. The highest BCUT2D eigenvalue weighted by Gasteiger charge is 2.61. The second-order valence-electron chi connectivity index (χ2n) is 5.57. The van der Waals surface area contributed by atoms with Gasteiger partial charge in [0.25, 0.3) is 5.56 Å². The van der Waals surface area contributed by atoms with Crippen LogP contribution in [0.1, 0.15) is 30.6 Å². The van der Waals surface area contributed by atoms with E-state index in [2.05, 4.69) is 4.98 Å². The summed E-state index contributed by atoms with van der Waals surface area (Å²) in [6.07, 6.45) is -2.72. The molecule has 2 fully saturated rings. The van der Waals surface area contributed by atoms with Crippen molar-refractivity contribution in [2.75, 3.05) is 0 Å². The third-order valence-electron chi connectivity index (χ3n) is 3.77. The van der Waals surface area contributed by atoms with Crippen LogP contribution in [0.15, 0.2) is 15.7 Å². The van der Waals surface area contributed by atoms with Crippen LogP contribution in [0.4, 0.5) is 0 Å². The van der Waals surface area contributed by atoms with Crippen molar-refractivity contribution < 1.29 is 19.0 Å². The van der Waals surface area contributed by atoms with Gasteiger partial charge in [0.1, 0.15) is 12.2 Å². The van der Waals surface area contributed by atoms with Crippen LogP contribution in [0.5, 0.6) is 0 Å². The molecular formula is C12H12N2O6. The minimum absolute atomic E-state index is 0.0411. The molecule has 1 N–H and O–H groups in total. The molecule has 2 saturated heterocycles. The first-order valence-electron chi connectivity index (χ1n) is 6.28. The van der Waals surface area contributed by atoms with E-state index in [1.165, 1.54) is 0 Å². The molecule has 20 heavy (non-hydrogen) atoms. The largest absolute Gasteiger partial charge is 0.341 e. The topological polar surface area (TPSA) is 99.6 Å². The molecule has 0 unspecified atom stereocenters. The van der Waals surface area contributed by atoms with Gasteiger partial charge in [0, 0.05) is 6.07 Å². The van der Waals surface area contributed by atoms with Crippen LogP contribution < -0.4 is 11.2 Å². The minimum Gasteiger partial charge on any atom is -0.341 e. The predicted molar refractivity (Wildman–Crippen MR) is 63.4 cm³/mol. The van der Waals surface area contributed by atoms with E-state index in [1.807, 2.05) is 0 Å². The molecule has 0 spiro atoms. The van der Waals surface area contributed by atoms with Gasteiger partial charge in [0.2, 0.25) is 5.78 Å². The van der Waals surface area contributed by atoms with E-state index in [0.717, 1.165) is 10.6 Å². The van der Waals surface area contributed by atoms with Gasteiger partial charge in [-0.3, -0.25) is 19.1 Å². The van der Waals surface area contributed by atoms with E-state index in [0.29, 0.717) is 0 Å². The molecule has 1 aromatic heterocycles. The summed E-state index contributed by atoms with van der Waals surface area (Å²) < 4.78 is 18.1. The standard InChI is InChI=1S/C12H12N2O6/c1-12(2)19-8-7-6(16)4-3-5(15)13-11(17)14(4)10(18-7)9(8)20-12/h3,7-10H,1-2H3,(H,13,15,17)/t7-,8-,9-,10-/m1/s1. The zero-order valence-corrected chi connectivity index (χ0v) is 10.8. The number of Topliss-reactive ketones (excluding diaryl/α,β-unsaturated/α-hetero) is 1. The zero-order valence-electron chi connectivity index (χ0n) is 10.8. The van der Waals surface area contributed by atoms with Crippen LogP contribution in [-0.2, 0) is 14.2 Å². The molecule has 4 atom stereocenters. The molecule has 0 aliphatic carbocycles. The van der Waals surface area contributed by atoms with Crippen molar-refractivity contribution in [2.24, 2.45) is 0 Å². The number of hydrogen-bond donors (Lipinski definition) is 1. The maximum atomic E-state index is 12.4. The summed E-state index contributed by atoms with van der Waals surface area (Å²) in [5.74, 6) is -1.27. The summed E-state index contributed by atoms with van der Waals surface area (Å²) in [5.41, 5.74) is -1.25. The normalized spacial score (nSPS) is 36.8. The van der Waals surface area contributed by atoms with Gasteiger partial charge in [0.15, 0.2) is 18.1 Å². The molecule has 4 heterocycles. The summed E-state index contributed by atoms with van der Waals surface area (Å²) in [4.78, 5) is 37.8. The number of nitrogens with zero attached hydrogens (tertiary/aromatic N) is 1. The summed E-state index contributed by atoms with van der Waals surface area (Å²) in [7, 11) is 0. The second kappa shape index (κ2) is 3.46. The first-order valence-corrected chi connectivity index (χ1v) is 6.28. The van der Waals surface area contributed by atoms with Crippen molar-refractivity contribution in [2.45, 2.75) is 44.2 Å². The Morgan fingerprint density at radius 3 is 2.65 bits per heavy atom. The van der Waals surface area contributed by atoms with Crippen LogP contribution in [0.3, 0.4) is 0 Å². The van der Waals surface area contributed by atoms with Crippen LogP contribution in [0.25, 0.3) is 0 Å². The summed E-state index contributed by atoms with van der Waals surface area (Å²) in [5, 5.41) is 0. The molecule has 4 rings (SSSR count). The Labute approximate surface area is 112 Å². The molecule has 8 heteroatoms. The van der Waals surface area contributed by atoms with Crippen LogP contribution in [0, 0.1) is 0 Å². The third-order valence-corrected chi connectivity index (χ3v) is 3.77. The van der Waals surface area contributed by atoms with Crippen molar-refractivity contribution in [1.29, 1.82) is 0 Å². The fourth-order valence-corrected chi connectivity index (χ4v) is 3.09. The van der Waals surface area contributed by atoms with Crippen molar-refractivity contribution in [3.63, 3.8) is 0 Å². The molecule has 0 aromatic carbocycles. The lowest BCUT2D eigenvalue weighted by molar-refractivity contribution is -0.194. The number of carbonyl (C=O) groups is 1. The van der Waals surface area contributed by atoms with Crippen LogP contribution in [-0.4, -0.2) is 39.4 Å². The number of nitrogens with one attached hydrogen (secondary N) is 1. The molecule has 0 amide bonds. The van der Waals surface area contributed by atoms with Gasteiger partial charge in [0.05, 0.1) is 5.69 Å². The Hall–Kier alpha value is -1.77. The Morgan fingerprint density at radius 1 is 1.20 bits per heavy atom. The first kappa shape index (κ1) is 12.0. The molecule has 106 valence electrons. The van der Waals surface area contributed by atoms with Crippen molar-refractivity contribution in [3.05, 3.63) is 32.6 Å². The number of H-pyrrole nitrogens is 1. The highest BCUT2D eigenvalue weighted by Crippen LogP contribution is 2.45. The number of ether oxygens (including phenoxy) is 3. The summed E-state index contributed by atoms with van der Waals surface area (Å²) in [6, 6.07) is 1.11. The van der Waals surface area contributed by atoms with E-state index in [4.69, 9.17) is 14.2 Å². The quantitative estimate of drug-likeness (QED) is 0.664. The molecule has 2 bridgehead atoms. The molecule has 3 aliphatic heterocycles. The molecule has 3 aliphatic rings. The smallest absolute Gasteiger partial charge is 0.331 e. The average molecular weight is 280 g/mol. The SMILES string of the molecule is CC1(C)O[C@@H]2[C@H](O1)[C@@H]1O[C@H]2n2c(cc(=O)[nH]c2=O)C1=O. The third kappa shape index (κ3) is 1.38. The molecule has 0 saturated carbocycles. The fraction of sp³-hybridized carbons (Fsp3) is 0.583. The molecule has 8 nitrogen and oxygen atoms in total. The lowest BCUT2D eigenvalue weighted by Gasteiger charge is -2.29. The lowest BCUT2D eigenvalue weighted by Crippen LogP contribution is -2.44. The second-order valence-corrected chi connectivity index (χ2v) is 5.57. The Morgan fingerprint density at radius 2 is 1.90 bits per heavy atom. The van der Waals surface area contributed by atoms with Gasteiger partial charge < -0.3 is 14.2 Å². The number of hydrogen-bond acceptors (Lipinski definition) is 6. The minimum atomic E-state index is -0.840. The monoisotopic (exact) mass is 280 g/mol. The average Bonchev–Trinajstić information content (AvgIpc) is 2.79. The van der Waals surface area contributed by atoms with Gasteiger partial charge in [-0.15, -0.1) is 0 Å². The summed E-state index contributed by atoms with van der Waals surface area (Å²) >= 11 is 0. The first-order chi connectivity index (χ1) is 9.37. The molecule has 1 aromatic rings. The van der Waals surface area contributed by atoms with E-state index >= 15 is 0 Å². The van der Waals surface area contributed by atoms with E-state index in [9.17, 15) is 14.4 Å². The van der Waals surface area contributed by atoms with E-state index in [1.54, 1.807) is 13.8 Å². The number of fused-ring (bicyclic) bond motifs is 7. The zero-order chi connectivity index (χ0) is 14.2. The van der Waals surface area contributed by atoms with Crippen molar-refractivity contribution in [3.8, 4) is 0 Å². The van der Waals surface area contributed by atoms with Gasteiger partial charge in [-0.1, -0.05) is 0 Å². The number of carbonyl (C=O) groups excluding carboxylic acids is 1. The predicted octanol–water partition coefficient (Wildman–Crippen LogP) is -0.850. The van der Waals surface area contributed by atoms with Crippen LogP contribution >= 0.6 is 0 Å². The number of ketones is 1. The fourth-order valence-electron chi connectivity index (χ4n) is 3.09. The Bertz CT molecular complexity index is 732. The Kier molecular flexibility index (Phi) is 2.08. The number of aromatic nitrogens is 2. The highest BCUT2D eigenvalue weighted by atomic mass is 16.8. The molecule has 0 radical (unpaired) electrons. The highest BCUT2D eigenvalue weighted by molar-refractivity contribution is 5.99. The van der Waals surface area contributed by atoms with Gasteiger partial charge in [-0.05, 0) is 13.8 Å². The van der Waals surface area contributed by atoms with Gasteiger partial charge in [-0.2, -0.15) is 0 Å². The van der Waals surface area contributed by atoms with E-state index in [-0.39, 0.29) is 5.69 Å². The van der Waals surface area contributed by atoms with Crippen molar-refractivity contribution in [1.82, 2.24) is 9.55 Å². The van der Waals surface area contributed by atoms with Crippen LogP contribution in [0.2, 0.25) is 0 Å². The van der Waals surface area contributed by atoms with Gasteiger partial charge in [-0.25, -0.2) is 4.79 Å². The van der Waals surface area contributed by atoms with Gasteiger partial charge >= 0.3 is 5.69 Å². The molecular weight excluding hydrogens is 268 g/mol. The number of rotatable bonds is 0. The van der Waals surface area contributed by atoms with E-state index < -0.39 is 47.4 Å². The van der Waals surface area contributed by atoms with Crippen molar-refractivity contribution >= 4 is 5.78 Å². The lowest BCUT2D eigenvalue weighted by atomic mass is 10.1.